The van der Waals surface area contributed by atoms with E-state index in [-0.39, 0.29) is 0 Å². The Morgan fingerprint density at radius 2 is 2.07 bits per heavy atom. The predicted molar refractivity (Wildman–Crippen MR) is 63.4 cm³/mol. The molecular weight excluding hydrogens is 170 g/mol. The smallest absolute Gasteiger partial charge is 0.00204 e. The van der Waals surface area contributed by atoms with Gasteiger partial charge in [0.2, 0.25) is 0 Å². The van der Waals surface area contributed by atoms with Crippen LogP contribution in [0.1, 0.15) is 52.9 Å². The fraction of sp³-hybridized carbons (Fsp3) is 1.00. The summed E-state index contributed by atoms with van der Waals surface area (Å²) in [5.74, 6) is 2.78. The van der Waals surface area contributed by atoms with Crippen molar-refractivity contribution in [2.24, 2.45) is 17.8 Å². The van der Waals surface area contributed by atoms with Crippen LogP contribution in [0.3, 0.4) is 0 Å². The molecule has 1 saturated carbocycles. The van der Waals surface area contributed by atoms with E-state index in [1.165, 1.54) is 45.2 Å². The molecule has 0 radical (unpaired) electrons. The Labute approximate surface area is 89.7 Å². The van der Waals surface area contributed by atoms with Crippen molar-refractivity contribution in [3.8, 4) is 0 Å². The van der Waals surface area contributed by atoms with Gasteiger partial charge < -0.3 is 5.32 Å². The van der Waals surface area contributed by atoms with Gasteiger partial charge in [0.15, 0.2) is 0 Å². The molecule has 1 heteroatoms. The summed E-state index contributed by atoms with van der Waals surface area (Å²) < 4.78 is 0. The molecule has 0 aromatic carbocycles. The van der Waals surface area contributed by atoms with Gasteiger partial charge >= 0.3 is 0 Å². The standard InChI is InChI=1S/C13H27N/c1-11(2)7-8-14-10-13-6-4-5-12(3)9-13/h11-14H,4-10H2,1-3H3. The maximum Gasteiger partial charge on any atom is -0.00204 e. The Morgan fingerprint density at radius 3 is 2.71 bits per heavy atom. The molecule has 1 nitrogen and oxygen atoms in total. The summed E-state index contributed by atoms with van der Waals surface area (Å²) in [5.41, 5.74) is 0. The van der Waals surface area contributed by atoms with Gasteiger partial charge in [-0.05, 0) is 50.1 Å². The zero-order valence-electron chi connectivity index (χ0n) is 10.2. The second-order valence-corrected chi connectivity index (χ2v) is 5.52. The van der Waals surface area contributed by atoms with Crippen molar-refractivity contribution in [2.75, 3.05) is 13.1 Å². The third-order valence-corrected chi connectivity index (χ3v) is 3.38. The van der Waals surface area contributed by atoms with Gasteiger partial charge in [0.1, 0.15) is 0 Å². The van der Waals surface area contributed by atoms with Gasteiger partial charge in [-0.3, -0.25) is 0 Å². The van der Waals surface area contributed by atoms with Gasteiger partial charge in [-0.15, -0.1) is 0 Å². The zero-order chi connectivity index (χ0) is 10.4. The normalized spacial score (nSPS) is 28.3. The van der Waals surface area contributed by atoms with Crippen LogP contribution in [0.4, 0.5) is 0 Å². The summed E-state index contributed by atoms with van der Waals surface area (Å²) in [6.07, 6.45) is 7.15. The average molecular weight is 197 g/mol. The lowest BCUT2D eigenvalue weighted by atomic mass is 9.82. The highest BCUT2D eigenvalue weighted by atomic mass is 14.9. The van der Waals surface area contributed by atoms with Gasteiger partial charge in [0, 0.05) is 0 Å². The number of hydrogen-bond acceptors (Lipinski definition) is 1. The predicted octanol–water partition coefficient (Wildman–Crippen LogP) is 3.45. The first-order valence-corrected chi connectivity index (χ1v) is 6.39. The summed E-state index contributed by atoms with van der Waals surface area (Å²) in [5, 5.41) is 3.61. The summed E-state index contributed by atoms with van der Waals surface area (Å²) in [4.78, 5) is 0. The molecule has 1 fully saturated rings. The molecule has 84 valence electrons. The van der Waals surface area contributed by atoms with Crippen LogP contribution in [-0.2, 0) is 0 Å². The third-order valence-electron chi connectivity index (χ3n) is 3.38. The minimum Gasteiger partial charge on any atom is -0.316 e. The van der Waals surface area contributed by atoms with E-state index in [4.69, 9.17) is 0 Å². The molecule has 0 heterocycles. The highest BCUT2D eigenvalue weighted by Gasteiger charge is 2.17. The minimum absolute atomic E-state index is 0.841. The van der Waals surface area contributed by atoms with Crippen LogP contribution in [0, 0.1) is 17.8 Å². The van der Waals surface area contributed by atoms with Crippen molar-refractivity contribution in [1.29, 1.82) is 0 Å². The first-order chi connectivity index (χ1) is 6.68. The maximum absolute atomic E-state index is 3.61. The molecule has 1 rings (SSSR count). The van der Waals surface area contributed by atoms with Crippen LogP contribution in [0.15, 0.2) is 0 Å². The second-order valence-electron chi connectivity index (χ2n) is 5.52. The van der Waals surface area contributed by atoms with Crippen LogP contribution >= 0.6 is 0 Å². The van der Waals surface area contributed by atoms with Crippen molar-refractivity contribution < 1.29 is 0 Å². The van der Waals surface area contributed by atoms with Gasteiger partial charge in [0.25, 0.3) is 0 Å². The van der Waals surface area contributed by atoms with E-state index in [1.807, 2.05) is 0 Å². The van der Waals surface area contributed by atoms with E-state index in [2.05, 4.69) is 26.1 Å². The van der Waals surface area contributed by atoms with E-state index < -0.39 is 0 Å². The van der Waals surface area contributed by atoms with Gasteiger partial charge in [-0.1, -0.05) is 33.6 Å². The molecule has 1 aliphatic carbocycles. The third kappa shape index (κ3) is 4.99. The van der Waals surface area contributed by atoms with Gasteiger partial charge in [-0.2, -0.15) is 0 Å². The quantitative estimate of drug-likeness (QED) is 0.666. The molecular formula is C13H27N. The zero-order valence-corrected chi connectivity index (χ0v) is 10.2. The molecule has 0 aromatic heterocycles. The van der Waals surface area contributed by atoms with Crippen LogP contribution < -0.4 is 5.32 Å². The lowest BCUT2D eigenvalue weighted by Gasteiger charge is -2.26. The number of nitrogens with one attached hydrogen (secondary N) is 1. The Kier molecular flexibility index (Phi) is 5.54. The Balaban J connectivity index is 2.00. The molecule has 0 amide bonds. The molecule has 2 unspecified atom stereocenters. The van der Waals surface area contributed by atoms with Crippen molar-refractivity contribution in [2.45, 2.75) is 52.9 Å². The second kappa shape index (κ2) is 6.44. The minimum atomic E-state index is 0.841. The number of rotatable bonds is 5. The summed E-state index contributed by atoms with van der Waals surface area (Å²) in [6, 6.07) is 0. The maximum atomic E-state index is 3.61. The van der Waals surface area contributed by atoms with Crippen molar-refractivity contribution in [3.63, 3.8) is 0 Å². The molecule has 1 aliphatic rings. The van der Waals surface area contributed by atoms with Crippen LogP contribution in [-0.4, -0.2) is 13.1 Å². The van der Waals surface area contributed by atoms with Crippen molar-refractivity contribution in [1.82, 2.24) is 5.32 Å². The molecule has 0 aliphatic heterocycles. The molecule has 0 spiro atoms. The summed E-state index contributed by atoms with van der Waals surface area (Å²) in [7, 11) is 0. The lowest BCUT2D eigenvalue weighted by Crippen LogP contribution is -2.27. The monoisotopic (exact) mass is 197 g/mol. The number of hydrogen-bond donors (Lipinski definition) is 1. The average Bonchev–Trinajstić information content (AvgIpc) is 2.12. The van der Waals surface area contributed by atoms with E-state index in [9.17, 15) is 0 Å². The summed E-state index contributed by atoms with van der Waals surface area (Å²) >= 11 is 0. The van der Waals surface area contributed by atoms with Crippen molar-refractivity contribution in [3.05, 3.63) is 0 Å². The highest BCUT2D eigenvalue weighted by molar-refractivity contribution is 4.72. The van der Waals surface area contributed by atoms with E-state index in [1.54, 1.807) is 0 Å². The van der Waals surface area contributed by atoms with Crippen molar-refractivity contribution >= 4 is 0 Å². The Bertz CT molecular complexity index is 142. The molecule has 14 heavy (non-hydrogen) atoms. The molecule has 2 atom stereocenters. The Morgan fingerprint density at radius 1 is 1.29 bits per heavy atom. The molecule has 0 bridgehead atoms. The molecule has 0 saturated heterocycles. The fourth-order valence-electron chi connectivity index (χ4n) is 2.44. The largest absolute Gasteiger partial charge is 0.316 e. The van der Waals surface area contributed by atoms with E-state index in [0.29, 0.717) is 0 Å². The van der Waals surface area contributed by atoms with Gasteiger partial charge in [0.05, 0.1) is 0 Å². The highest BCUT2D eigenvalue weighted by Crippen LogP contribution is 2.27. The molecule has 1 N–H and O–H groups in total. The fourth-order valence-corrected chi connectivity index (χ4v) is 2.44. The lowest BCUT2D eigenvalue weighted by molar-refractivity contribution is 0.273. The van der Waals surface area contributed by atoms with Crippen LogP contribution in [0.25, 0.3) is 0 Å². The van der Waals surface area contributed by atoms with Crippen LogP contribution in [0.2, 0.25) is 0 Å². The summed E-state index contributed by atoms with van der Waals surface area (Å²) in [6.45, 7) is 9.47. The molecule has 0 aromatic rings. The topological polar surface area (TPSA) is 12.0 Å². The SMILES string of the molecule is CC(C)CCNCC1CCCC(C)C1. The van der Waals surface area contributed by atoms with E-state index >= 15 is 0 Å². The Hall–Kier alpha value is -0.0400. The first kappa shape index (κ1) is 12.0. The van der Waals surface area contributed by atoms with Crippen LogP contribution in [0.5, 0.6) is 0 Å². The first-order valence-electron chi connectivity index (χ1n) is 6.39. The van der Waals surface area contributed by atoms with E-state index in [0.717, 1.165) is 17.8 Å². The van der Waals surface area contributed by atoms with Gasteiger partial charge in [-0.25, -0.2) is 0 Å².